The molecule has 4 heteroatoms. The third kappa shape index (κ3) is 1.72. The number of hydrogen-bond acceptors (Lipinski definition) is 3. The number of nitrogens with two attached hydrogens (primary N) is 1. The van der Waals surface area contributed by atoms with Crippen LogP contribution in [0.1, 0.15) is 10.4 Å². The fourth-order valence-electron chi connectivity index (χ4n) is 1.87. The van der Waals surface area contributed by atoms with E-state index >= 15 is 0 Å². The Balaban J connectivity index is 0.000000963. The first kappa shape index (κ1) is 11.2. The molecule has 0 bridgehead atoms. The van der Waals surface area contributed by atoms with E-state index in [4.69, 9.17) is 5.73 Å². The molecule has 0 atom stereocenters. The van der Waals surface area contributed by atoms with E-state index in [2.05, 4.69) is 29.3 Å². The van der Waals surface area contributed by atoms with E-state index in [0.717, 1.165) is 12.1 Å². The van der Waals surface area contributed by atoms with Crippen LogP contribution in [-0.2, 0) is 6.42 Å². The Bertz CT molecular complexity index is 546. The Morgan fingerprint density at radius 1 is 1.25 bits per heavy atom. The van der Waals surface area contributed by atoms with Crippen molar-refractivity contribution >= 4 is 35.0 Å². The predicted molar refractivity (Wildman–Crippen MR) is 71.9 cm³/mol. The summed E-state index contributed by atoms with van der Waals surface area (Å²) in [6, 6.07) is 8.29. The molecule has 1 aliphatic carbocycles. The molecular weight excluding hydrogens is 240 g/mol. The molecule has 1 aromatic carbocycles. The van der Waals surface area contributed by atoms with Gasteiger partial charge in [-0.25, -0.2) is 4.98 Å². The molecule has 2 nitrogen and oxygen atoms in total. The van der Waals surface area contributed by atoms with Crippen molar-refractivity contribution in [3.05, 3.63) is 40.8 Å². The van der Waals surface area contributed by atoms with Crippen molar-refractivity contribution in [3.63, 3.8) is 0 Å². The molecule has 3 rings (SSSR count). The Morgan fingerprint density at radius 3 is 2.94 bits per heavy atom. The molecule has 1 aromatic heterocycles. The second-order valence-electron chi connectivity index (χ2n) is 3.52. The first-order chi connectivity index (χ1) is 7.34. The molecule has 82 valence electrons. The summed E-state index contributed by atoms with van der Waals surface area (Å²) in [5.74, 6) is 0. The lowest BCUT2D eigenvalue weighted by Crippen LogP contribution is -1.86. The number of fused-ring (bicyclic) bond motifs is 3. The van der Waals surface area contributed by atoms with E-state index in [9.17, 15) is 0 Å². The smallest absolute Gasteiger partial charge is 0.180 e. The predicted octanol–water partition coefficient (Wildman–Crippen LogP) is 3.38. The van der Waals surface area contributed by atoms with Crippen LogP contribution in [0.4, 0.5) is 5.13 Å². The van der Waals surface area contributed by atoms with E-state index in [0.29, 0.717) is 5.13 Å². The highest BCUT2D eigenvalue weighted by Crippen LogP contribution is 2.34. The van der Waals surface area contributed by atoms with Crippen LogP contribution in [0.15, 0.2) is 30.3 Å². The number of halogens is 1. The van der Waals surface area contributed by atoms with Crippen molar-refractivity contribution in [1.29, 1.82) is 0 Å². The number of anilines is 1. The van der Waals surface area contributed by atoms with E-state index in [-0.39, 0.29) is 12.4 Å². The van der Waals surface area contributed by atoms with Crippen LogP contribution in [0.3, 0.4) is 0 Å². The third-order valence-electron chi connectivity index (χ3n) is 2.53. The standard InChI is InChI=1S/C12H10N2S.ClH/c13-12-14-11-9-6-2-1-4-8(9)5-3-7-10(11)15-12;/h1-6H,7H2,(H2,13,14);1H. The highest BCUT2D eigenvalue weighted by Gasteiger charge is 2.14. The van der Waals surface area contributed by atoms with Crippen molar-refractivity contribution in [3.8, 4) is 11.3 Å². The summed E-state index contributed by atoms with van der Waals surface area (Å²) in [6.45, 7) is 0. The van der Waals surface area contributed by atoms with Gasteiger partial charge in [0.2, 0.25) is 0 Å². The van der Waals surface area contributed by atoms with Crippen LogP contribution in [-0.4, -0.2) is 4.98 Å². The second kappa shape index (κ2) is 4.28. The average Bonchev–Trinajstić information content (AvgIpc) is 2.52. The van der Waals surface area contributed by atoms with Gasteiger partial charge in [-0.3, -0.25) is 0 Å². The highest BCUT2D eigenvalue weighted by atomic mass is 35.5. The number of hydrogen-bond donors (Lipinski definition) is 1. The maximum atomic E-state index is 5.75. The first-order valence-electron chi connectivity index (χ1n) is 4.86. The van der Waals surface area contributed by atoms with Gasteiger partial charge in [0.15, 0.2) is 5.13 Å². The van der Waals surface area contributed by atoms with Gasteiger partial charge in [-0.1, -0.05) is 36.4 Å². The lowest BCUT2D eigenvalue weighted by Gasteiger charge is -2.01. The van der Waals surface area contributed by atoms with Crippen LogP contribution in [0.2, 0.25) is 0 Å². The minimum absolute atomic E-state index is 0. The van der Waals surface area contributed by atoms with Crippen molar-refractivity contribution in [1.82, 2.24) is 4.98 Å². The van der Waals surface area contributed by atoms with Crippen molar-refractivity contribution in [2.45, 2.75) is 6.42 Å². The normalized spacial score (nSPS) is 12.2. The molecule has 0 radical (unpaired) electrons. The molecule has 0 saturated carbocycles. The van der Waals surface area contributed by atoms with Crippen molar-refractivity contribution < 1.29 is 0 Å². The molecule has 0 aliphatic heterocycles. The van der Waals surface area contributed by atoms with Crippen LogP contribution in [0.5, 0.6) is 0 Å². The zero-order valence-electron chi connectivity index (χ0n) is 8.51. The number of thiazole rings is 1. The molecule has 2 N–H and O–H groups in total. The Labute approximate surface area is 104 Å². The van der Waals surface area contributed by atoms with Gasteiger partial charge >= 0.3 is 0 Å². The van der Waals surface area contributed by atoms with Crippen molar-refractivity contribution in [2.24, 2.45) is 0 Å². The number of allylic oxidation sites excluding steroid dienone is 1. The minimum Gasteiger partial charge on any atom is -0.375 e. The summed E-state index contributed by atoms with van der Waals surface area (Å²) in [5, 5.41) is 0.658. The summed E-state index contributed by atoms with van der Waals surface area (Å²) >= 11 is 1.58. The highest BCUT2D eigenvalue weighted by molar-refractivity contribution is 7.15. The Kier molecular flexibility index (Phi) is 2.99. The molecule has 0 amide bonds. The summed E-state index contributed by atoms with van der Waals surface area (Å²) < 4.78 is 0. The maximum Gasteiger partial charge on any atom is 0.180 e. The SMILES string of the molecule is Cl.Nc1nc2c(s1)CC=Cc1ccccc1-2. The summed E-state index contributed by atoms with van der Waals surface area (Å²) in [6.07, 6.45) is 5.25. The maximum absolute atomic E-state index is 5.75. The van der Waals surface area contributed by atoms with Gasteiger partial charge in [0.1, 0.15) is 0 Å². The molecule has 0 fully saturated rings. The molecular formula is C12H11ClN2S. The number of aromatic nitrogens is 1. The zero-order valence-corrected chi connectivity index (χ0v) is 10.1. The number of nitrogen functional groups attached to an aromatic ring is 1. The monoisotopic (exact) mass is 250 g/mol. The van der Waals surface area contributed by atoms with Crippen LogP contribution in [0.25, 0.3) is 17.3 Å². The van der Waals surface area contributed by atoms with E-state index in [1.807, 2.05) is 12.1 Å². The molecule has 0 saturated heterocycles. The first-order valence-corrected chi connectivity index (χ1v) is 5.67. The van der Waals surface area contributed by atoms with Crippen molar-refractivity contribution in [2.75, 3.05) is 5.73 Å². The second-order valence-corrected chi connectivity index (χ2v) is 4.63. The van der Waals surface area contributed by atoms with Crippen LogP contribution >= 0.6 is 23.7 Å². The van der Waals surface area contributed by atoms with Gasteiger partial charge in [0.25, 0.3) is 0 Å². The lowest BCUT2D eigenvalue weighted by molar-refractivity contribution is 1.31. The van der Waals surface area contributed by atoms with E-state index in [1.54, 1.807) is 11.3 Å². The van der Waals surface area contributed by atoms with Gasteiger partial charge in [-0.15, -0.1) is 23.7 Å². The molecule has 0 unspecified atom stereocenters. The number of rotatable bonds is 0. The van der Waals surface area contributed by atoms with Gasteiger partial charge in [0.05, 0.1) is 5.69 Å². The molecule has 2 aromatic rings. The quantitative estimate of drug-likeness (QED) is 0.779. The fraction of sp³-hybridized carbons (Fsp3) is 0.0833. The van der Waals surface area contributed by atoms with Crippen LogP contribution < -0.4 is 5.73 Å². The topological polar surface area (TPSA) is 38.9 Å². The van der Waals surface area contributed by atoms with Gasteiger partial charge < -0.3 is 5.73 Å². The minimum atomic E-state index is 0. The number of nitrogens with zero attached hydrogens (tertiary/aromatic N) is 1. The molecule has 1 heterocycles. The summed E-state index contributed by atoms with van der Waals surface area (Å²) in [4.78, 5) is 5.67. The van der Waals surface area contributed by atoms with E-state index < -0.39 is 0 Å². The largest absolute Gasteiger partial charge is 0.375 e. The summed E-state index contributed by atoms with van der Waals surface area (Å²) in [7, 11) is 0. The molecule has 0 spiro atoms. The molecule has 16 heavy (non-hydrogen) atoms. The Morgan fingerprint density at radius 2 is 2.06 bits per heavy atom. The fourth-order valence-corrected chi connectivity index (χ4v) is 2.69. The van der Waals surface area contributed by atoms with E-state index in [1.165, 1.54) is 16.0 Å². The molecule has 1 aliphatic rings. The van der Waals surface area contributed by atoms with Gasteiger partial charge in [-0.2, -0.15) is 0 Å². The van der Waals surface area contributed by atoms with Gasteiger partial charge in [0, 0.05) is 16.9 Å². The van der Waals surface area contributed by atoms with Gasteiger partial charge in [-0.05, 0) is 5.56 Å². The average molecular weight is 251 g/mol. The Hall–Kier alpha value is -1.32. The summed E-state index contributed by atoms with van der Waals surface area (Å²) in [5.41, 5.74) is 9.22. The van der Waals surface area contributed by atoms with Crippen LogP contribution in [0, 0.1) is 0 Å². The zero-order chi connectivity index (χ0) is 10.3. The lowest BCUT2D eigenvalue weighted by atomic mass is 10.1. The number of benzene rings is 1. The third-order valence-corrected chi connectivity index (χ3v) is 3.44.